The number of carboxylic acids is 1. The zero-order chi connectivity index (χ0) is 20.0. The van der Waals surface area contributed by atoms with Gasteiger partial charge in [-0.3, -0.25) is 19.2 Å². The van der Waals surface area contributed by atoms with Gasteiger partial charge in [-0.15, -0.1) is 0 Å². The van der Waals surface area contributed by atoms with E-state index in [1.54, 1.807) is 0 Å². The number of likely N-dealkylation sites (tertiary alicyclic amines) is 1. The first-order valence-electron chi connectivity index (χ1n) is 8.91. The van der Waals surface area contributed by atoms with Crippen LogP contribution in [0.5, 0.6) is 0 Å². The van der Waals surface area contributed by atoms with Crippen LogP contribution in [0, 0.1) is 0 Å². The first kappa shape index (κ1) is 20.6. The zero-order valence-corrected chi connectivity index (χ0v) is 14.9. The fraction of sp³-hybridized carbons (Fsp3) is 0.688. The van der Waals surface area contributed by atoms with Gasteiger partial charge in [-0.1, -0.05) is 0 Å². The molecule has 0 aromatic rings. The van der Waals surface area contributed by atoms with Gasteiger partial charge >= 0.3 is 5.97 Å². The summed E-state index contributed by atoms with van der Waals surface area (Å²) in [5, 5.41) is 17.0. The lowest BCUT2D eigenvalue weighted by molar-refractivity contribution is -0.149. The summed E-state index contributed by atoms with van der Waals surface area (Å²) in [5.74, 6) is -3.59. The van der Waals surface area contributed by atoms with Crippen molar-refractivity contribution in [1.29, 1.82) is 0 Å². The number of carboxylic acid groups (broad SMARTS) is 1. The molecule has 2 rings (SSSR count). The molecule has 2 fully saturated rings. The Hall–Kier alpha value is -2.69. The van der Waals surface area contributed by atoms with Crippen molar-refractivity contribution in [1.82, 2.24) is 20.9 Å². The summed E-state index contributed by atoms with van der Waals surface area (Å²) in [4.78, 5) is 60.3. The van der Waals surface area contributed by atoms with Crippen molar-refractivity contribution in [3.8, 4) is 0 Å². The van der Waals surface area contributed by atoms with Crippen LogP contribution in [-0.4, -0.2) is 77.4 Å². The second-order valence-electron chi connectivity index (χ2n) is 6.69. The number of hydrogen-bond acceptors (Lipinski definition) is 6. The molecule has 0 radical (unpaired) electrons. The molecular formula is C16H25N5O6. The number of nitrogens with one attached hydrogen (secondary N) is 3. The molecule has 2 aliphatic rings. The fourth-order valence-electron chi connectivity index (χ4n) is 3.33. The van der Waals surface area contributed by atoms with E-state index in [1.807, 2.05) is 0 Å². The van der Waals surface area contributed by atoms with Gasteiger partial charge in [-0.2, -0.15) is 0 Å². The Kier molecular flexibility index (Phi) is 7.11. The fourth-order valence-corrected chi connectivity index (χ4v) is 3.33. The Morgan fingerprint density at radius 1 is 1.19 bits per heavy atom. The number of carbonyl (C=O) groups is 5. The predicted octanol–water partition coefficient (Wildman–Crippen LogP) is -2.71. The number of rotatable bonds is 8. The lowest BCUT2D eigenvalue weighted by atomic mass is 10.1. The molecule has 0 aromatic carbocycles. The summed E-state index contributed by atoms with van der Waals surface area (Å²) in [6.45, 7) is 0.604. The van der Waals surface area contributed by atoms with Gasteiger partial charge in [0.1, 0.15) is 12.1 Å². The molecule has 2 saturated heterocycles. The lowest BCUT2D eigenvalue weighted by Crippen LogP contribution is -2.54. The van der Waals surface area contributed by atoms with Crippen molar-refractivity contribution in [2.24, 2.45) is 5.73 Å². The van der Waals surface area contributed by atoms with Gasteiger partial charge in [0.15, 0.2) is 0 Å². The van der Waals surface area contributed by atoms with Gasteiger partial charge in [0.2, 0.25) is 23.6 Å². The second kappa shape index (κ2) is 9.31. The Morgan fingerprint density at radius 3 is 2.52 bits per heavy atom. The molecule has 4 amide bonds. The average molecular weight is 383 g/mol. The van der Waals surface area contributed by atoms with E-state index in [4.69, 9.17) is 5.73 Å². The van der Waals surface area contributed by atoms with E-state index < -0.39 is 42.2 Å². The summed E-state index contributed by atoms with van der Waals surface area (Å²) in [6.07, 6.45) is 1.93. The molecule has 0 aliphatic carbocycles. The van der Waals surface area contributed by atoms with Crippen molar-refractivity contribution in [3.05, 3.63) is 0 Å². The Labute approximate surface area is 156 Å². The van der Waals surface area contributed by atoms with E-state index in [0.717, 1.165) is 17.9 Å². The number of amides is 4. The Morgan fingerprint density at radius 2 is 1.93 bits per heavy atom. The molecular weight excluding hydrogens is 358 g/mol. The van der Waals surface area contributed by atoms with Crippen LogP contribution in [-0.2, 0) is 24.0 Å². The molecule has 3 atom stereocenters. The zero-order valence-electron chi connectivity index (χ0n) is 14.9. The number of carbonyl (C=O) groups excluding carboxylic acids is 4. The summed E-state index contributed by atoms with van der Waals surface area (Å²) < 4.78 is 0. The highest BCUT2D eigenvalue weighted by atomic mass is 16.4. The molecule has 150 valence electrons. The van der Waals surface area contributed by atoms with E-state index in [2.05, 4.69) is 16.0 Å². The van der Waals surface area contributed by atoms with Gasteiger partial charge in [0.05, 0.1) is 19.0 Å². The van der Waals surface area contributed by atoms with Gasteiger partial charge in [-0.05, 0) is 32.2 Å². The molecule has 11 nitrogen and oxygen atoms in total. The summed E-state index contributed by atoms with van der Waals surface area (Å²) in [5.41, 5.74) is 5.15. The van der Waals surface area contributed by atoms with Crippen molar-refractivity contribution in [3.63, 3.8) is 0 Å². The Bertz CT molecular complexity index is 618. The monoisotopic (exact) mass is 383 g/mol. The first-order chi connectivity index (χ1) is 12.8. The van der Waals surface area contributed by atoms with Crippen molar-refractivity contribution in [2.45, 2.75) is 50.2 Å². The predicted molar refractivity (Wildman–Crippen MR) is 92.1 cm³/mol. The average Bonchev–Trinajstić information content (AvgIpc) is 3.29. The summed E-state index contributed by atoms with van der Waals surface area (Å²) in [7, 11) is 0. The molecule has 0 saturated carbocycles. The molecule has 2 heterocycles. The topological polar surface area (TPSA) is 171 Å². The van der Waals surface area contributed by atoms with Crippen LogP contribution in [0.15, 0.2) is 0 Å². The van der Waals surface area contributed by atoms with Gasteiger partial charge in [-0.25, -0.2) is 4.79 Å². The normalized spacial score (nSPS) is 22.9. The van der Waals surface area contributed by atoms with Crippen LogP contribution in [0.3, 0.4) is 0 Å². The highest BCUT2D eigenvalue weighted by molar-refractivity contribution is 5.95. The molecule has 11 heteroatoms. The van der Waals surface area contributed by atoms with Crippen LogP contribution in [0.2, 0.25) is 0 Å². The standard InChI is InChI=1S/C16H25N5O6/c17-12(22)7-10(15(25)21-6-2-4-11(21)16(26)27)20-13(23)8-19-14(24)9-3-1-5-18-9/h9-11,18H,1-8H2,(H2,17,22)(H,19,24)(H,20,23)(H,26,27). The number of primary amides is 1. The Balaban J connectivity index is 1.93. The third kappa shape index (κ3) is 5.64. The van der Waals surface area contributed by atoms with E-state index in [-0.39, 0.29) is 25.0 Å². The first-order valence-corrected chi connectivity index (χ1v) is 8.91. The molecule has 27 heavy (non-hydrogen) atoms. The molecule has 6 N–H and O–H groups in total. The highest BCUT2D eigenvalue weighted by Gasteiger charge is 2.38. The van der Waals surface area contributed by atoms with Crippen LogP contribution in [0.1, 0.15) is 32.1 Å². The van der Waals surface area contributed by atoms with Crippen LogP contribution in [0.4, 0.5) is 0 Å². The number of nitrogens with two attached hydrogens (primary N) is 1. The van der Waals surface area contributed by atoms with E-state index in [9.17, 15) is 29.1 Å². The van der Waals surface area contributed by atoms with Gasteiger partial charge in [0, 0.05) is 6.54 Å². The molecule has 3 unspecified atom stereocenters. The van der Waals surface area contributed by atoms with Gasteiger partial charge in [0.25, 0.3) is 0 Å². The van der Waals surface area contributed by atoms with Crippen molar-refractivity contribution < 1.29 is 29.1 Å². The number of aliphatic carboxylic acids is 1. The molecule has 0 spiro atoms. The summed E-state index contributed by atoms with van der Waals surface area (Å²) >= 11 is 0. The van der Waals surface area contributed by atoms with Gasteiger partial charge < -0.3 is 31.7 Å². The maximum Gasteiger partial charge on any atom is 0.326 e. The molecule has 0 aromatic heterocycles. The number of hydrogen-bond donors (Lipinski definition) is 5. The van der Waals surface area contributed by atoms with Crippen LogP contribution < -0.4 is 21.7 Å². The van der Waals surface area contributed by atoms with Crippen LogP contribution >= 0.6 is 0 Å². The van der Waals surface area contributed by atoms with Crippen LogP contribution in [0.25, 0.3) is 0 Å². The third-order valence-electron chi connectivity index (χ3n) is 4.66. The quantitative estimate of drug-likeness (QED) is 0.303. The second-order valence-corrected chi connectivity index (χ2v) is 6.69. The van der Waals surface area contributed by atoms with E-state index in [1.165, 1.54) is 0 Å². The maximum absolute atomic E-state index is 12.6. The molecule has 2 aliphatic heterocycles. The smallest absolute Gasteiger partial charge is 0.326 e. The minimum Gasteiger partial charge on any atom is -0.480 e. The van der Waals surface area contributed by atoms with E-state index >= 15 is 0 Å². The molecule has 0 bridgehead atoms. The van der Waals surface area contributed by atoms with Crippen molar-refractivity contribution in [2.75, 3.05) is 19.6 Å². The maximum atomic E-state index is 12.6. The van der Waals surface area contributed by atoms with Crippen molar-refractivity contribution >= 4 is 29.6 Å². The lowest BCUT2D eigenvalue weighted by Gasteiger charge is -2.26. The summed E-state index contributed by atoms with van der Waals surface area (Å²) in [6, 6.07) is -2.60. The minimum absolute atomic E-state index is 0.227. The third-order valence-corrected chi connectivity index (χ3v) is 4.66. The number of nitrogens with zero attached hydrogens (tertiary/aromatic N) is 1. The SMILES string of the molecule is NC(=O)CC(NC(=O)CNC(=O)C1CCCN1)C(=O)N1CCCC1C(=O)O. The highest BCUT2D eigenvalue weighted by Crippen LogP contribution is 2.19. The largest absolute Gasteiger partial charge is 0.480 e. The van der Waals surface area contributed by atoms with E-state index in [0.29, 0.717) is 19.3 Å². The minimum atomic E-state index is -1.27.